The van der Waals surface area contributed by atoms with Gasteiger partial charge in [0.05, 0.1) is 6.42 Å². The van der Waals surface area contributed by atoms with E-state index >= 15 is 0 Å². The number of hydrogen-bond acceptors (Lipinski definition) is 3. The molecule has 0 atom stereocenters. The number of hydrogen-bond donors (Lipinski definition) is 3. The predicted molar refractivity (Wildman–Crippen MR) is 92.9 cm³/mol. The first-order valence-corrected chi connectivity index (χ1v) is 7.53. The van der Waals surface area contributed by atoms with Gasteiger partial charge in [-0.05, 0) is 36.0 Å². The third kappa shape index (κ3) is 5.69. The highest BCUT2D eigenvalue weighted by Gasteiger charge is 2.09. The van der Waals surface area contributed by atoms with Crippen molar-refractivity contribution in [1.29, 1.82) is 0 Å². The van der Waals surface area contributed by atoms with Gasteiger partial charge < -0.3 is 0 Å². The zero-order valence-electron chi connectivity index (χ0n) is 12.0. The molecule has 0 bridgehead atoms. The number of rotatable bonds is 3. The van der Waals surface area contributed by atoms with Crippen LogP contribution in [0.3, 0.4) is 0 Å². The summed E-state index contributed by atoms with van der Waals surface area (Å²) in [5, 5.41) is 2.90. The molecule has 0 spiro atoms. The second kappa shape index (κ2) is 8.26. The molecule has 118 valence electrons. The molecule has 3 N–H and O–H groups in total. The Morgan fingerprint density at radius 3 is 2.43 bits per heavy atom. The second-order valence-electron chi connectivity index (χ2n) is 4.63. The van der Waals surface area contributed by atoms with E-state index in [1.807, 2.05) is 30.3 Å². The summed E-state index contributed by atoms with van der Waals surface area (Å²) in [6, 6.07) is 15.7. The molecular formula is C16H14ClN3O2S. The number of amides is 2. The standard InChI is InChI=1S/C16H14ClN3O2S/c17-13-8-4-7-12(10-13)15(22)18-16(23)20-19-14(21)9-11-5-2-1-3-6-11/h1-8,10H,9H2,(H,19,21)(H2,18,20,22,23). The van der Waals surface area contributed by atoms with Gasteiger partial charge in [-0.3, -0.25) is 25.8 Å². The first-order chi connectivity index (χ1) is 11.0. The topological polar surface area (TPSA) is 70.2 Å². The quantitative estimate of drug-likeness (QED) is 0.588. The highest BCUT2D eigenvalue weighted by atomic mass is 35.5. The lowest BCUT2D eigenvalue weighted by molar-refractivity contribution is -0.121. The Kier molecular flexibility index (Phi) is 6.08. The van der Waals surface area contributed by atoms with Crippen LogP contribution in [-0.2, 0) is 11.2 Å². The Labute approximate surface area is 144 Å². The number of halogens is 1. The first-order valence-electron chi connectivity index (χ1n) is 6.74. The van der Waals surface area contributed by atoms with E-state index < -0.39 is 5.91 Å². The molecule has 0 radical (unpaired) electrons. The third-order valence-corrected chi connectivity index (χ3v) is 3.28. The molecule has 0 aliphatic carbocycles. The van der Waals surface area contributed by atoms with Crippen molar-refractivity contribution >= 4 is 40.7 Å². The van der Waals surface area contributed by atoms with Gasteiger partial charge in [-0.1, -0.05) is 48.0 Å². The van der Waals surface area contributed by atoms with E-state index in [9.17, 15) is 9.59 Å². The fourth-order valence-electron chi connectivity index (χ4n) is 1.79. The van der Waals surface area contributed by atoms with Crippen LogP contribution in [0.1, 0.15) is 15.9 Å². The van der Waals surface area contributed by atoms with Crippen LogP contribution >= 0.6 is 23.8 Å². The molecule has 23 heavy (non-hydrogen) atoms. The molecule has 0 saturated carbocycles. The molecule has 2 amide bonds. The molecule has 7 heteroatoms. The number of benzene rings is 2. The third-order valence-electron chi connectivity index (χ3n) is 2.84. The molecule has 0 heterocycles. The molecule has 0 aliphatic rings. The average molecular weight is 348 g/mol. The number of nitrogens with one attached hydrogen (secondary N) is 3. The highest BCUT2D eigenvalue weighted by Crippen LogP contribution is 2.10. The minimum absolute atomic E-state index is 0.00335. The fraction of sp³-hybridized carbons (Fsp3) is 0.0625. The number of carbonyl (C=O) groups is 2. The van der Waals surface area contributed by atoms with Crippen molar-refractivity contribution in [3.05, 3.63) is 70.7 Å². The van der Waals surface area contributed by atoms with E-state index in [0.717, 1.165) is 5.56 Å². The lowest BCUT2D eigenvalue weighted by Crippen LogP contribution is -2.48. The lowest BCUT2D eigenvalue weighted by Gasteiger charge is -2.11. The minimum atomic E-state index is -0.415. The van der Waals surface area contributed by atoms with Gasteiger partial charge >= 0.3 is 0 Å². The van der Waals surface area contributed by atoms with E-state index in [0.29, 0.717) is 10.6 Å². The maximum absolute atomic E-state index is 11.9. The fourth-order valence-corrected chi connectivity index (χ4v) is 2.12. The summed E-state index contributed by atoms with van der Waals surface area (Å²) < 4.78 is 0. The first kappa shape index (κ1) is 16.9. The number of thiocarbonyl (C=S) groups is 1. The van der Waals surface area contributed by atoms with Crippen LogP contribution in [0.25, 0.3) is 0 Å². The van der Waals surface area contributed by atoms with Gasteiger partial charge in [0.15, 0.2) is 5.11 Å². The van der Waals surface area contributed by atoms with Gasteiger partial charge in [-0.2, -0.15) is 0 Å². The Morgan fingerprint density at radius 1 is 1.00 bits per heavy atom. The van der Waals surface area contributed by atoms with Crippen molar-refractivity contribution < 1.29 is 9.59 Å². The highest BCUT2D eigenvalue weighted by molar-refractivity contribution is 7.80. The monoisotopic (exact) mass is 347 g/mol. The molecule has 2 aromatic carbocycles. The molecule has 2 aromatic rings. The molecule has 5 nitrogen and oxygen atoms in total. The van der Waals surface area contributed by atoms with Gasteiger partial charge in [0, 0.05) is 10.6 Å². The second-order valence-corrected chi connectivity index (χ2v) is 5.47. The Bertz CT molecular complexity index is 722. The van der Waals surface area contributed by atoms with E-state index in [2.05, 4.69) is 16.2 Å². The normalized spacial score (nSPS) is 9.78. The molecule has 0 fully saturated rings. The van der Waals surface area contributed by atoms with E-state index in [-0.39, 0.29) is 17.4 Å². The van der Waals surface area contributed by atoms with Crippen LogP contribution in [0.2, 0.25) is 5.02 Å². The molecule has 0 aromatic heterocycles. The average Bonchev–Trinajstić information content (AvgIpc) is 2.54. The predicted octanol–water partition coefficient (Wildman–Crippen LogP) is 2.22. The van der Waals surface area contributed by atoms with Crippen LogP contribution < -0.4 is 16.2 Å². The molecule has 2 rings (SSSR count). The summed E-state index contributed by atoms with van der Waals surface area (Å²) in [4.78, 5) is 23.7. The smallest absolute Gasteiger partial charge is 0.257 e. The van der Waals surface area contributed by atoms with Gasteiger partial charge in [-0.15, -0.1) is 0 Å². The van der Waals surface area contributed by atoms with Crippen LogP contribution in [-0.4, -0.2) is 16.9 Å². The van der Waals surface area contributed by atoms with Gasteiger partial charge in [0.25, 0.3) is 5.91 Å². The van der Waals surface area contributed by atoms with Crippen LogP contribution in [0.15, 0.2) is 54.6 Å². The molecule has 0 unspecified atom stereocenters. The van der Waals surface area contributed by atoms with Gasteiger partial charge in [-0.25, -0.2) is 0 Å². The van der Waals surface area contributed by atoms with Crippen LogP contribution in [0.5, 0.6) is 0 Å². The summed E-state index contributed by atoms with van der Waals surface area (Å²) in [5.41, 5.74) is 6.16. The minimum Gasteiger partial charge on any atom is -0.298 e. The van der Waals surface area contributed by atoms with Gasteiger partial charge in [0.1, 0.15) is 0 Å². The summed E-state index contributed by atoms with van der Waals surface area (Å²) in [6.07, 6.45) is 0.207. The maximum atomic E-state index is 11.9. The van der Waals surface area contributed by atoms with Crippen molar-refractivity contribution in [3.63, 3.8) is 0 Å². The molecular weight excluding hydrogens is 334 g/mol. The zero-order chi connectivity index (χ0) is 16.7. The largest absolute Gasteiger partial charge is 0.298 e. The van der Waals surface area contributed by atoms with Crippen LogP contribution in [0.4, 0.5) is 0 Å². The number of carbonyl (C=O) groups excluding carboxylic acids is 2. The van der Waals surface area contributed by atoms with Gasteiger partial charge in [0.2, 0.25) is 5.91 Å². The molecule has 0 aliphatic heterocycles. The van der Waals surface area contributed by atoms with E-state index in [1.165, 1.54) is 6.07 Å². The Hall–Kier alpha value is -2.44. The summed E-state index contributed by atoms with van der Waals surface area (Å²) in [7, 11) is 0. The number of hydrazine groups is 1. The van der Waals surface area contributed by atoms with Crippen LogP contribution in [0, 0.1) is 0 Å². The summed E-state index contributed by atoms with van der Waals surface area (Å²) >= 11 is 10.8. The summed E-state index contributed by atoms with van der Waals surface area (Å²) in [5.74, 6) is -0.683. The van der Waals surface area contributed by atoms with Crippen molar-refractivity contribution in [2.24, 2.45) is 0 Å². The maximum Gasteiger partial charge on any atom is 0.257 e. The van der Waals surface area contributed by atoms with Crippen molar-refractivity contribution in [1.82, 2.24) is 16.2 Å². The molecule has 0 saturated heterocycles. The Balaban J connectivity index is 1.78. The SMILES string of the molecule is O=C(Cc1ccccc1)NNC(=S)NC(=O)c1cccc(Cl)c1. The van der Waals surface area contributed by atoms with E-state index in [4.69, 9.17) is 23.8 Å². The van der Waals surface area contributed by atoms with Crippen molar-refractivity contribution in [2.45, 2.75) is 6.42 Å². The lowest BCUT2D eigenvalue weighted by atomic mass is 10.1. The summed E-state index contributed by atoms with van der Waals surface area (Å²) in [6.45, 7) is 0. The van der Waals surface area contributed by atoms with Crippen molar-refractivity contribution in [2.75, 3.05) is 0 Å². The van der Waals surface area contributed by atoms with Crippen molar-refractivity contribution in [3.8, 4) is 0 Å². The Morgan fingerprint density at radius 2 is 1.74 bits per heavy atom. The van der Waals surface area contributed by atoms with E-state index in [1.54, 1.807) is 18.2 Å². The zero-order valence-corrected chi connectivity index (χ0v) is 13.6.